The molecule has 0 fully saturated rings. The largest absolute Gasteiger partial charge is 0.383 e. The minimum absolute atomic E-state index is 0.286. The summed E-state index contributed by atoms with van der Waals surface area (Å²) in [6.45, 7) is 5.69. The van der Waals surface area contributed by atoms with E-state index in [2.05, 4.69) is 22.1 Å². The van der Waals surface area contributed by atoms with Gasteiger partial charge in [0.2, 0.25) is 0 Å². The van der Waals surface area contributed by atoms with Crippen LogP contribution in [0.2, 0.25) is 0 Å². The van der Waals surface area contributed by atoms with E-state index in [9.17, 15) is 4.79 Å². The summed E-state index contributed by atoms with van der Waals surface area (Å²) in [6, 6.07) is 11.7. The van der Waals surface area contributed by atoms with Crippen LogP contribution in [-0.4, -0.2) is 42.6 Å². The number of allylic oxidation sites excluding steroid dienone is 2. The molecule has 0 radical (unpaired) electrons. The molecule has 1 aliphatic rings. The van der Waals surface area contributed by atoms with Gasteiger partial charge in [-0.25, -0.2) is 4.98 Å². The highest BCUT2D eigenvalue weighted by Gasteiger charge is 2.24. The number of nitrogens with zero attached hydrogens (tertiary/aromatic N) is 2. The number of hydrogen-bond donors (Lipinski definition) is 1. The van der Waals surface area contributed by atoms with E-state index in [0.29, 0.717) is 36.2 Å². The molecule has 1 amide bonds. The third-order valence-corrected chi connectivity index (χ3v) is 5.20. The van der Waals surface area contributed by atoms with Crippen molar-refractivity contribution in [2.45, 2.75) is 20.3 Å². The Morgan fingerprint density at radius 1 is 1.23 bits per heavy atom. The molecule has 3 rings (SSSR count). The number of amides is 1. The molecule has 1 aromatic carbocycles. The Kier molecular flexibility index (Phi) is 7.88. The van der Waals surface area contributed by atoms with Gasteiger partial charge in [-0.05, 0) is 50.1 Å². The lowest BCUT2D eigenvalue weighted by Gasteiger charge is -2.26. The summed E-state index contributed by atoms with van der Waals surface area (Å²) >= 11 is 6.50. The van der Waals surface area contributed by atoms with Crippen LogP contribution in [0.25, 0.3) is 0 Å². The number of carbonyl (C=O) groups excluding carboxylic acids is 1. The summed E-state index contributed by atoms with van der Waals surface area (Å²) in [5, 5.41) is 3.33. The summed E-state index contributed by atoms with van der Waals surface area (Å²) in [6.07, 6.45) is 4.35. The van der Waals surface area contributed by atoms with Crippen LogP contribution in [0.5, 0.6) is 0 Å². The number of aromatic nitrogens is 1. The molecule has 2 heterocycles. The number of ether oxygens (including phenoxy) is 1. The van der Waals surface area contributed by atoms with Gasteiger partial charge < -0.3 is 15.0 Å². The summed E-state index contributed by atoms with van der Waals surface area (Å²) in [4.78, 5) is 19.5. The summed E-state index contributed by atoms with van der Waals surface area (Å²) < 4.78 is 5.20. The van der Waals surface area contributed by atoms with E-state index in [0.717, 1.165) is 28.7 Å². The summed E-state index contributed by atoms with van der Waals surface area (Å²) in [7, 11) is 1.64. The zero-order valence-corrected chi connectivity index (χ0v) is 18.8. The first-order valence-electron chi connectivity index (χ1n) is 10.1. The van der Waals surface area contributed by atoms with Crippen LogP contribution >= 0.6 is 11.6 Å². The number of nitrogens with one attached hydrogen (secondary N) is 1. The molecular weight excluding hydrogens is 410 g/mol. The number of anilines is 1. The fraction of sp³-hybridized carbons (Fsp3) is 0.280. The second kappa shape index (κ2) is 10.8. The first-order valence-corrected chi connectivity index (χ1v) is 10.5. The van der Waals surface area contributed by atoms with Crippen LogP contribution in [0.4, 0.5) is 5.82 Å². The smallest absolute Gasteiger partial charge is 0.274 e. The lowest BCUT2D eigenvalue weighted by molar-refractivity contribution is -0.114. The SMILES string of the molecule is COCCN1CCC(C)=CC(Cl)=C1C(=O)Nc1ncc(C#Cc2ccccc2)cc1C. The quantitative estimate of drug-likeness (QED) is 0.703. The van der Waals surface area contributed by atoms with Gasteiger partial charge in [-0.3, -0.25) is 4.79 Å². The standard InChI is InChI=1S/C25H26ClN3O2/c1-18-11-12-29(13-14-31-3)23(22(26)15-18)25(30)28-24-19(2)16-21(17-27-24)10-9-20-7-5-4-6-8-20/h4-8,15-17H,11-14H2,1-3H3,(H,27,28,30). The predicted molar refractivity (Wildman–Crippen MR) is 125 cm³/mol. The second-order valence-corrected chi connectivity index (χ2v) is 7.78. The van der Waals surface area contributed by atoms with E-state index in [1.54, 1.807) is 13.3 Å². The second-order valence-electron chi connectivity index (χ2n) is 7.38. The Labute approximate surface area is 188 Å². The van der Waals surface area contributed by atoms with Crippen molar-refractivity contribution in [1.82, 2.24) is 9.88 Å². The molecule has 0 atom stereocenters. The highest BCUT2D eigenvalue weighted by atomic mass is 35.5. The molecular formula is C25H26ClN3O2. The van der Waals surface area contributed by atoms with Crippen LogP contribution in [0, 0.1) is 18.8 Å². The van der Waals surface area contributed by atoms with Crippen molar-refractivity contribution >= 4 is 23.3 Å². The van der Waals surface area contributed by atoms with Crippen LogP contribution in [-0.2, 0) is 9.53 Å². The first-order chi connectivity index (χ1) is 15.0. The number of benzene rings is 1. The van der Waals surface area contributed by atoms with Gasteiger partial charge in [0, 0.05) is 37.5 Å². The molecule has 0 unspecified atom stereocenters. The van der Waals surface area contributed by atoms with Crippen molar-refractivity contribution in [1.29, 1.82) is 0 Å². The van der Waals surface area contributed by atoms with Crippen LogP contribution in [0.15, 0.2) is 65.0 Å². The molecule has 31 heavy (non-hydrogen) atoms. The van der Waals surface area contributed by atoms with Crippen LogP contribution in [0.3, 0.4) is 0 Å². The van der Waals surface area contributed by atoms with Crippen molar-refractivity contribution < 1.29 is 9.53 Å². The minimum atomic E-state index is -0.286. The van der Waals surface area contributed by atoms with Gasteiger partial charge in [-0.1, -0.05) is 47.2 Å². The van der Waals surface area contributed by atoms with E-state index in [4.69, 9.17) is 16.3 Å². The molecule has 0 saturated carbocycles. The average Bonchev–Trinajstić information content (AvgIpc) is 2.90. The monoisotopic (exact) mass is 435 g/mol. The van der Waals surface area contributed by atoms with Gasteiger partial charge >= 0.3 is 0 Å². The molecule has 160 valence electrons. The van der Waals surface area contributed by atoms with Crippen molar-refractivity contribution in [3.8, 4) is 11.8 Å². The summed E-state index contributed by atoms with van der Waals surface area (Å²) in [5.41, 5.74) is 4.11. The number of hydrogen-bond acceptors (Lipinski definition) is 4. The van der Waals surface area contributed by atoms with Gasteiger partial charge in [0.15, 0.2) is 0 Å². The van der Waals surface area contributed by atoms with E-state index >= 15 is 0 Å². The van der Waals surface area contributed by atoms with Crippen molar-refractivity contribution in [3.05, 3.63) is 81.7 Å². The van der Waals surface area contributed by atoms with Gasteiger partial charge in [0.25, 0.3) is 5.91 Å². The van der Waals surface area contributed by atoms with Gasteiger partial charge in [0.1, 0.15) is 11.5 Å². The van der Waals surface area contributed by atoms with E-state index < -0.39 is 0 Å². The maximum absolute atomic E-state index is 13.1. The number of carbonyl (C=O) groups is 1. The third kappa shape index (κ3) is 6.21. The molecule has 0 aliphatic carbocycles. The zero-order chi connectivity index (χ0) is 22.2. The Hall–Kier alpha value is -3.07. The van der Waals surface area contributed by atoms with E-state index in [1.807, 2.05) is 61.2 Å². The van der Waals surface area contributed by atoms with Crippen molar-refractivity contribution in [2.75, 3.05) is 32.1 Å². The van der Waals surface area contributed by atoms with Crippen LogP contribution < -0.4 is 5.32 Å². The highest BCUT2D eigenvalue weighted by Crippen LogP contribution is 2.25. The zero-order valence-electron chi connectivity index (χ0n) is 18.0. The predicted octanol–water partition coefficient (Wildman–Crippen LogP) is 4.48. The topological polar surface area (TPSA) is 54.5 Å². The number of halogens is 1. The van der Waals surface area contributed by atoms with Crippen molar-refractivity contribution in [3.63, 3.8) is 0 Å². The molecule has 6 heteroatoms. The number of pyridine rings is 1. The van der Waals surface area contributed by atoms with E-state index in [-0.39, 0.29) is 5.91 Å². The number of methoxy groups -OCH3 is 1. The van der Waals surface area contributed by atoms with Crippen molar-refractivity contribution in [2.24, 2.45) is 0 Å². The Bertz CT molecular complexity index is 1070. The summed E-state index contributed by atoms with van der Waals surface area (Å²) in [5.74, 6) is 6.43. The Balaban J connectivity index is 1.80. The average molecular weight is 436 g/mol. The fourth-order valence-corrected chi connectivity index (χ4v) is 3.61. The van der Waals surface area contributed by atoms with Crippen LogP contribution in [0.1, 0.15) is 30.0 Å². The van der Waals surface area contributed by atoms with Gasteiger partial charge in [-0.15, -0.1) is 0 Å². The lowest BCUT2D eigenvalue weighted by Crippen LogP contribution is -2.34. The molecule has 0 spiro atoms. The third-order valence-electron chi connectivity index (χ3n) is 4.91. The molecule has 0 saturated heterocycles. The number of rotatable bonds is 5. The Morgan fingerprint density at radius 3 is 2.68 bits per heavy atom. The number of aryl methyl sites for hydroxylation is 1. The molecule has 5 nitrogen and oxygen atoms in total. The molecule has 0 bridgehead atoms. The molecule has 1 N–H and O–H groups in total. The molecule has 1 aliphatic heterocycles. The molecule has 1 aromatic heterocycles. The minimum Gasteiger partial charge on any atom is -0.383 e. The van der Waals surface area contributed by atoms with Gasteiger partial charge in [0.05, 0.1) is 11.6 Å². The van der Waals surface area contributed by atoms with E-state index in [1.165, 1.54) is 0 Å². The fourth-order valence-electron chi connectivity index (χ4n) is 3.21. The maximum atomic E-state index is 13.1. The maximum Gasteiger partial charge on any atom is 0.274 e. The lowest BCUT2D eigenvalue weighted by atomic mass is 10.1. The normalized spacial score (nSPS) is 13.8. The Morgan fingerprint density at radius 2 is 1.97 bits per heavy atom. The first kappa shape index (κ1) is 22.6. The molecule has 2 aromatic rings. The van der Waals surface area contributed by atoms with Gasteiger partial charge in [-0.2, -0.15) is 0 Å². The highest BCUT2D eigenvalue weighted by molar-refractivity contribution is 6.34.